The molecule has 0 amide bonds. The Bertz CT molecular complexity index is 630. The van der Waals surface area contributed by atoms with Crippen LogP contribution in [0, 0.1) is 10.1 Å². The molecule has 1 aromatic rings. The van der Waals surface area contributed by atoms with Gasteiger partial charge in [-0.1, -0.05) is 6.07 Å². The van der Waals surface area contributed by atoms with Gasteiger partial charge in [-0.05, 0) is 37.7 Å². The number of esters is 1. The van der Waals surface area contributed by atoms with Crippen LogP contribution in [-0.2, 0) is 9.53 Å². The molecule has 0 aliphatic carbocycles. The number of nitro groups is 1. The number of likely N-dealkylation sites (N-methyl/N-ethyl adjacent to an activating group) is 2. The average Bonchev–Trinajstić information content (AvgIpc) is 2.98. The molecule has 0 spiro atoms. The first kappa shape index (κ1) is 17.0. The summed E-state index contributed by atoms with van der Waals surface area (Å²) in [5.41, 5.74) is 1.21. The topological polar surface area (TPSA) is 75.9 Å². The van der Waals surface area contributed by atoms with Crippen molar-refractivity contribution in [3.8, 4) is 0 Å². The Balaban J connectivity index is 2.28. The third kappa shape index (κ3) is 4.07. The van der Waals surface area contributed by atoms with Gasteiger partial charge in [0.25, 0.3) is 5.69 Å². The van der Waals surface area contributed by atoms with Crippen LogP contribution in [0.1, 0.15) is 12.0 Å². The highest BCUT2D eigenvalue weighted by Gasteiger charge is 2.27. The smallest absolute Gasteiger partial charge is 0.330 e. The normalized spacial score (nSPS) is 18.3. The molecule has 1 aromatic carbocycles. The van der Waals surface area contributed by atoms with E-state index in [2.05, 4.69) is 9.64 Å². The van der Waals surface area contributed by atoms with Gasteiger partial charge in [0.2, 0.25) is 0 Å². The van der Waals surface area contributed by atoms with Crippen molar-refractivity contribution in [3.05, 3.63) is 40.0 Å². The van der Waals surface area contributed by atoms with Gasteiger partial charge in [0.05, 0.1) is 12.0 Å². The third-order valence-corrected chi connectivity index (χ3v) is 4.10. The maximum atomic E-state index is 11.4. The molecule has 7 nitrogen and oxygen atoms in total. The zero-order valence-corrected chi connectivity index (χ0v) is 13.6. The summed E-state index contributed by atoms with van der Waals surface area (Å²) in [7, 11) is 5.21. The van der Waals surface area contributed by atoms with Crippen LogP contribution in [0.4, 0.5) is 11.4 Å². The summed E-state index contributed by atoms with van der Waals surface area (Å²) in [6.07, 6.45) is 3.73. The van der Waals surface area contributed by atoms with Crippen LogP contribution in [0.3, 0.4) is 0 Å². The maximum absolute atomic E-state index is 11.4. The van der Waals surface area contributed by atoms with Gasteiger partial charge in [-0.3, -0.25) is 10.1 Å². The van der Waals surface area contributed by atoms with E-state index in [0.717, 1.165) is 19.5 Å². The van der Waals surface area contributed by atoms with E-state index in [0.29, 0.717) is 11.3 Å². The average molecular weight is 319 g/mol. The molecule has 0 saturated carbocycles. The quantitative estimate of drug-likeness (QED) is 0.357. The molecule has 1 aliphatic heterocycles. The first-order valence-electron chi connectivity index (χ1n) is 7.38. The lowest BCUT2D eigenvalue weighted by Gasteiger charge is -2.26. The second-order valence-corrected chi connectivity index (χ2v) is 5.68. The fraction of sp³-hybridized carbons (Fsp3) is 0.438. The van der Waals surface area contributed by atoms with E-state index in [1.807, 2.05) is 19.0 Å². The Morgan fingerprint density at radius 2 is 2.26 bits per heavy atom. The van der Waals surface area contributed by atoms with Crippen LogP contribution in [0.25, 0.3) is 6.08 Å². The summed E-state index contributed by atoms with van der Waals surface area (Å²) in [5, 5.41) is 11.4. The molecule has 0 radical (unpaired) electrons. The largest absolute Gasteiger partial charge is 0.466 e. The zero-order chi connectivity index (χ0) is 17.0. The zero-order valence-electron chi connectivity index (χ0n) is 13.6. The Labute approximate surface area is 135 Å². The van der Waals surface area contributed by atoms with E-state index in [1.165, 1.54) is 25.3 Å². The Kier molecular flexibility index (Phi) is 5.33. The van der Waals surface area contributed by atoms with Crippen molar-refractivity contribution in [2.24, 2.45) is 0 Å². The molecule has 1 heterocycles. The minimum Gasteiger partial charge on any atom is -0.466 e. The third-order valence-electron chi connectivity index (χ3n) is 4.10. The molecule has 0 aromatic heterocycles. The number of rotatable bonds is 5. The van der Waals surface area contributed by atoms with Crippen LogP contribution in [0.2, 0.25) is 0 Å². The fourth-order valence-electron chi connectivity index (χ4n) is 2.75. The van der Waals surface area contributed by atoms with E-state index in [1.54, 1.807) is 12.1 Å². The van der Waals surface area contributed by atoms with Gasteiger partial charge in [0.1, 0.15) is 5.69 Å². The van der Waals surface area contributed by atoms with Gasteiger partial charge < -0.3 is 14.5 Å². The monoisotopic (exact) mass is 319 g/mol. The molecule has 23 heavy (non-hydrogen) atoms. The van der Waals surface area contributed by atoms with Gasteiger partial charge in [0, 0.05) is 31.8 Å². The van der Waals surface area contributed by atoms with Crippen molar-refractivity contribution >= 4 is 23.4 Å². The van der Waals surface area contributed by atoms with Crippen LogP contribution in [0.5, 0.6) is 0 Å². The first-order valence-corrected chi connectivity index (χ1v) is 7.38. The number of nitro benzene ring substituents is 1. The number of likely N-dealkylation sites (tertiary alicyclic amines) is 1. The summed E-state index contributed by atoms with van der Waals surface area (Å²) in [4.78, 5) is 26.3. The van der Waals surface area contributed by atoms with Crippen molar-refractivity contribution in [1.82, 2.24) is 4.90 Å². The molecule has 2 rings (SSSR count). The predicted molar refractivity (Wildman–Crippen MR) is 88.5 cm³/mol. The Hall–Kier alpha value is -2.41. The Morgan fingerprint density at radius 1 is 1.52 bits per heavy atom. The predicted octanol–water partition coefficient (Wildman–Crippen LogP) is 1.92. The number of ether oxygens (including phenoxy) is 1. The molecule has 1 fully saturated rings. The summed E-state index contributed by atoms with van der Waals surface area (Å²) in [6, 6.07) is 5.23. The van der Waals surface area contributed by atoms with Gasteiger partial charge in [-0.25, -0.2) is 4.79 Å². The van der Waals surface area contributed by atoms with Gasteiger partial charge in [-0.2, -0.15) is 0 Å². The summed E-state index contributed by atoms with van der Waals surface area (Å²) < 4.78 is 4.52. The minimum atomic E-state index is -0.497. The van der Waals surface area contributed by atoms with Crippen molar-refractivity contribution in [2.45, 2.75) is 12.5 Å². The number of anilines is 1. The maximum Gasteiger partial charge on any atom is 0.330 e. The van der Waals surface area contributed by atoms with Crippen LogP contribution in [0.15, 0.2) is 24.3 Å². The molecule has 1 atom stereocenters. The van der Waals surface area contributed by atoms with Crippen molar-refractivity contribution in [3.63, 3.8) is 0 Å². The van der Waals surface area contributed by atoms with Gasteiger partial charge >= 0.3 is 5.97 Å². The fourth-order valence-corrected chi connectivity index (χ4v) is 2.75. The number of nitrogens with zero attached hydrogens (tertiary/aromatic N) is 3. The number of hydrogen-bond donors (Lipinski definition) is 0. The summed E-state index contributed by atoms with van der Waals surface area (Å²) >= 11 is 0. The molecule has 124 valence electrons. The van der Waals surface area contributed by atoms with Crippen molar-refractivity contribution < 1.29 is 14.5 Å². The molecular formula is C16H21N3O4. The van der Waals surface area contributed by atoms with Gasteiger partial charge in [-0.15, -0.1) is 0 Å². The second kappa shape index (κ2) is 7.23. The van der Waals surface area contributed by atoms with Crippen LogP contribution >= 0.6 is 0 Å². The van der Waals surface area contributed by atoms with Crippen molar-refractivity contribution in [2.75, 3.05) is 39.2 Å². The lowest BCUT2D eigenvalue weighted by Crippen LogP contribution is -2.34. The number of carbonyl (C=O) groups excluding carboxylic acids is 1. The van der Waals surface area contributed by atoms with Crippen molar-refractivity contribution in [1.29, 1.82) is 0 Å². The second-order valence-electron chi connectivity index (χ2n) is 5.68. The van der Waals surface area contributed by atoms with Crippen LogP contribution < -0.4 is 4.90 Å². The molecule has 0 bridgehead atoms. The van der Waals surface area contributed by atoms with E-state index in [-0.39, 0.29) is 16.7 Å². The summed E-state index contributed by atoms with van der Waals surface area (Å²) in [6.45, 7) is 1.88. The highest BCUT2D eigenvalue weighted by molar-refractivity contribution is 5.87. The van der Waals surface area contributed by atoms with Gasteiger partial charge in [0.15, 0.2) is 0 Å². The van der Waals surface area contributed by atoms with E-state index < -0.39 is 5.97 Å². The number of hydrogen-bond acceptors (Lipinski definition) is 6. The molecule has 1 saturated heterocycles. The number of benzene rings is 1. The molecule has 1 unspecified atom stereocenters. The molecular weight excluding hydrogens is 298 g/mol. The highest BCUT2D eigenvalue weighted by Crippen LogP contribution is 2.31. The first-order chi connectivity index (χ1) is 10.9. The lowest BCUT2D eigenvalue weighted by atomic mass is 10.1. The SMILES string of the molecule is COC(=O)C=Cc1ccc(N(C)C2CCN(C)C2)c([N+](=O)[O-])c1. The minimum absolute atomic E-state index is 0.0362. The van der Waals surface area contributed by atoms with E-state index in [4.69, 9.17) is 0 Å². The molecule has 7 heteroatoms. The molecule has 1 aliphatic rings. The van der Waals surface area contributed by atoms with Crippen LogP contribution in [-0.4, -0.2) is 56.1 Å². The highest BCUT2D eigenvalue weighted by atomic mass is 16.6. The summed E-state index contributed by atoms with van der Waals surface area (Å²) in [5.74, 6) is -0.497. The Morgan fingerprint density at radius 3 is 2.83 bits per heavy atom. The number of methoxy groups -OCH3 is 1. The van der Waals surface area contributed by atoms with E-state index in [9.17, 15) is 14.9 Å². The van der Waals surface area contributed by atoms with E-state index >= 15 is 0 Å². The molecule has 0 N–H and O–H groups in total. The standard InChI is InChI=1S/C16H21N3O4/c1-17-9-8-13(11-17)18(2)14-6-4-12(5-7-16(20)23-3)10-15(14)19(21)22/h4-7,10,13H,8-9,11H2,1-3H3. The number of carbonyl (C=O) groups is 1. The lowest BCUT2D eigenvalue weighted by molar-refractivity contribution is -0.384.